The van der Waals surface area contributed by atoms with Gasteiger partial charge in [-0.1, -0.05) is 24.3 Å². The molecule has 144 valence electrons. The molecule has 0 fully saturated rings. The molecule has 0 radical (unpaired) electrons. The molecule has 0 spiro atoms. The van der Waals surface area contributed by atoms with Crippen LogP contribution in [-0.2, 0) is 23.1 Å². The lowest BCUT2D eigenvalue weighted by Gasteiger charge is -2.10. The van der Waals surface area contributed by atoms with Gasteiger partial charge in [0.15, 0.2) is 27.0 Å². The molecular weight excluding hydrogens is 395 g/mol. The lowest BCUT2D eigenvalue weighted by Crippen LogP contribution is -2.09. The number of aryl methyl sites for hydroxylation is 1. The number of halogens is 3. The molecule has 0 unspecified atom stereocenters. The monoisotopic (exact) mass is 407 g/mol. The number of nitrogens with zero attached hydrogens (tertiary/aromatic N) is 5. The SMILES string of the molecule is Cn1c(-c2ncc3ccccc3c2S(C)(=O)=O)nc2cc(C(F)(F)F)nnc21. The van der Waals surface area contributed by atoms with Crippen LogP contribution in [0.4, 0.5) is 13.2 Å². The zero-order valence-electron chi connectivity index (χ0n) is 14.6. The number of fused-ring (bicyclic) bond motifs is 2. The van der Waals surface area contributed by atoms with E-state index in [1.54, 1.807) is 24.3 Å². The topological polar surface area (TPSA) is 90.6 Å². The Kier molecular flexibility index (Phi) is 3.89. The molecular formula is C17H12F3N5O2S. The first kappa shape index (κ1) is 18.3. The summed E-state index contributed by atoms with van der Waals surface area (Å²) in [5, 5.41) is 7.86. The van der Waals surface area contributed by atoms with Gasteiger partial charge >= 0.3 is 6.18 Å². The predicted molar refractivity (Wildman–Crippen MR) is 95.2 cm³/mol. The van der Waals surface area contributed by atoms with Crippen LogP contribution in [0, 0.1) is 0 Å². The molecule has 0 amide bonds. The third-order valence-electron chi connectivity index (χ3n) is 4.24. The van der Waals surface area contributed by atoms with E-state index in [0.29, 0.717) is 10.8 Å². The highest BCUT2D eigenvalue weighted by atomic mass is 32.2. The average Bonchev–Trinajstić information content (AvgIpc) is 2.95. The van der Waals surface area contributed by atoms with E-state index < -0.39 is 21.7 Å². The van der Waals surface area contributed by atoms with Crippen LogP contribution in [0.2, 0.25) is 0 Å². The van der Waals surface area contributed by atoms with E-state index in [4.69, 9.17) is 0 Å². The maximum atomic E-state index is 12.9. The first-order valence-corrected chi connectivity index (χ1v) is 9.82. The highest BCUT2D eigenvalue weighted by Crippen LogP contribution is 2.33. The molecule has 0 N–H and O–H groups in total. The van der Waals surface area contributed by atoms with Gasteiger partial charge in [-0.15, -0.1) is 10.2 Å². The summed E-state index contributed by atoms with van der Waals surface area (Å²) in [6.07, 6.45) is -2.13. The second-order valence-electron chi connectivity index (χ2n) is 6.23. The van der Waals surface area contributed by atoms with Gasteiger partial charge in [0, 0.05) is 36.3 Å². The van der Waals surface area contributed by atoms with Crippen LogP contribution in [0.3, 0.4) is 0 Å². The van der Waals surface area contributed by atoms with E-state index in [0.717, 1.165) is 12.3 Å². The van der Waals surface area contributed by atoms with Gasteiger partial charge in [-0.25, -0.2) is 13.4 Å². The lowest BCUT2D eigenvalue weighted by molar-refractivity contribution is -0.141. The normalized spacial score (nSPS) is 12.8. The first-order chi connectivity index (χ1) is 13.1. The van der Waals surface area contributed by atoms with Crippen molar-refractivity contribution in [3.05, 3.63) is 42.2 Å². The molecule has 11 heteroatoms. The van der Waals surface area contributed by atoms with Crippen molar-refractivity contribution in [2.45, 2.75) is 11.1 Å². The van der Waals surface area contributed by atoms with Gasteiger partial charge in [0.05, 0.1) is 0 Å². The van der Waals surface area contributed by atoms with E-state index in [1.807, 2.05) is 0 Å². The Bertz CT molecular complexity index is 1350. The van der Waals surface area contributed by atoms with Gasteiger partial charge in [-0.3, -0.25) is 4.98 Å². The van der Waals surface area contributed by atoms with Crippen LogP contribution in [0.25, 0.3) is 33.5 Å². The fraction of sp³-hybridized carbons (Fsp3) is 0.176. The van der Waals surface area contributed by atoms with Crippen molar-refractivity contribution in [1.82, 2.24) is 24.7 Å². The van der Waals surface area contributed by atoms with Crippen molar-refractivity contribution < 1.29 is 21.6 Å². The van der Waals surface area contributed by atoms with Crippen molar-refractivity contribution in [2.75, 3.05) is 6.26 Å². The Hall–Kier alpha value is -3.08. The summed E-state index contributed by atoms with van der Waals surface area (Å²) in [5.74, 6) is 0.0785. The summed E-state index contributed by atoms with van der Waals surface area (Å²) < 4.78 is 65.1. The number of alkyl halides is 3. The third kappa shape index (κ3) is 2.87. The van der Waals surface area contributed by atoms with Crippen molar-refractivity contribution in [2.24, 2.45) is 7.05 Å². The molecule has 0 aliphatic heterocycles. The Morgan fingerprint density at radius 2 is 1.82 bits per heavy atom. The fourth-order valence-corrected chi connectivity index (χ4v) is 4.09. The van der Waals surface area contributed by atoms with Crippen molar-refractivity contribution >= 4 is 31.8 Å². The molecule has 0 atom stereocenters. The quantitative estimate of drug-likeness (QED) is 0.507. The molecule has 1 aromatic carbocycles. The second kappa shape index (κ2) is 5.96. The molecule has 0 aliphatic carbocycles. The Morgan fingerprint density at radius 1 is 1.11 bits per heavy atom. The minimum absolute atomic E-state index is 0.0373. The Morgan fingerprint density at radius 3 is 2.50 bits per heavy atom. The number of benzene rings is 1. The van der Waals surface area contributed by atoms with Crippen LogP contribution in [-0.4, -0.2) is 39.4 Å². The molecule has 0 aliphatic rings. The van der Waals surface area contributed by atoms with Gasteiger partial charge in [0.2, 0.25) is 0 Å². The van der Waals surface area contributed by atoms with E-state index in [2.05, 4.69) is 20.2 Å². The largest absolute Gasteiger partial charge is 0.435 e. The summed E-state index contributed by atoms with van der Waals surface area (Å²) in [7, 11) is -2.22. The lowest BCUT2D eigenvalue weighted by atomic mass is 10.1. The highest BCUT2D eigenvalue weighted by Gasteiger charge is 2.34. The van der Waals surface area contributed by atoms with Crippen molar-refractivity contribution in [3.8, 4) is 11.5 Å². The van der Waals surface area contributed by atoms with Gasteiger partial charge in [-0.05, 0) is 0 Å². The number of hydrogen-bond acceptors (Lipinski definition) is 6. The van der Waals surface area contributed by atoms with Crippen LogP contribution < -0.4 is 0 Å². The number of pyridine rings is 1. The van der Waals surface area contributed by atoms with Crippen molar-refractivity contribution in [1.29, 1.82) is 0 Å². The molecule has 7 nitrogen and oxygen atoms in total. The molecule has 3 aromatic heterocycles. The number of imidazole rings is 1. The molecule has 0 bridgehead atoms. The maximum Gasteiger partial charge on any atom is 0.435 e. The summed E-state index contributed by atoms with van der Waals surface area (Å²) in [4.78, 5) is 8.36. The van der Waals surface area contributed by atoms with Crippen LogP contribution in [0.5, 0.6) is 0 Å². The third-order valence-corrected chi connectivity index (χ3v) is 5.40. The fourth-order valence-electron chi connectivity index (χ4n) is 3.01. The van der Waals surface area contributed by atoms with Crippen LogP contribution >= 0.6 is 0 Å². The van der Waals surface area contributed by atoms with Gasteiger partial charge in [-0.2, -0.15) is 13.2 Å². The molecule has 4 rings (SSSR count). The average molecular weight is 407 g/mol. The summed E-state index contributed by atoms with van der Waals surface area (Å²) in [6, 6.07) is 7.57. The molecule has 28 heavy (non-hydrogen) atoms. The van der Waals surface area contributed by atoms with Crippen molar-refractivity contribution in [3.63, 3.8) is 0 Å². The van der Waals surface area contributed by atoms with Gasteiger partial charge in [0.25, 0.3) is 0 Å². The smallest absolute Gasteiger partial charge is 0.309 e. The molecule has 4 aromatic rings. The Labute approximate surface area is 156 Å². The van der Waals surface area contributed by atoms with E-state index in [-0.39, 0.29) is 27.6 Å². The number of hydrogen-bond donors (Lipinski definition) is 0. The zero-order chi connectivity index (χ0) is 20.3. The number of aromatic nitrogens is 5. The number of sulfone groups is 1. The molecule has 0 saturated heterocycles. The van der Waals surface area contributed by atoms with E-state index >= 15 is 0 Å². The van der Waals surface area contributed by atoms with E-state index in [1.165, 1.54) is 17.8 Å². The summed E-state index contributed by atoms with van der Waals surface area (Å²) in [5.41, 5.74) is -1.12. The zero-order valence-corrected chi connectivity index (χ0v) is 15.4. The minimum atomic E-state index is -4.67. The maximum absolute atomic E-state index is 12.9. The predicted octanol–water partition coefficient (Wildman–Crippen LogP) is 3.00. The first-order valence-electron chi connectivity index (χ1n) is 7.93. The van der Waals surface area contributed by atoms with Crippen LogP contribution in [0.1, 0.15) is 5.69 Å². The second-order valence-corrected chi connectivity index (χ2v) is 8.18. The molecule has 0 saturated carbocycles. The molecule has 3 heterocycles. The summed E-state index contributed by atoms with van der Waals surface area (Å²) in [6.45, 7) is 0. The van der Waals surface area contributed by atoms with Gasteiger partial charge in [0.1, 0.15) is 16.1 Å². The standard InChI is InChI=1S/C17H12F3N5O2S/c1-25-15-11(7-12(23-24-15)17(18,19)20)22-16(25)13-14(28(2,26)27)10-6-4-3-5-9(10)8-21-13/h3-8H,1-2H3. The summed E-state index contributed by atoms with van der Waals surface area (Å²) >= 11 is 0. The minimum Gasteiger partial charge on any atom is -0.309 e. The number of rotatable bonds is 2. The van der Waals surface area contributed by atoms with Crippen LogP contribution in [0.15, 0.2) is 41.4 Å². The van der Waals surface area contributed by atoms with Gasteiger partial charge < -0.3 is 4.57 Å². The Balaban J connectivity index is 2.06. The highest BCUT2D eigenvalue weighted by molar-refractivity contribution is 7.91. The van der Waals surface area contributed by atoms with E-state index in [9.17, 15) is 21.6 Å².